The van der Waals surface area contributed by atoms with E-state index in [2.05, 4.69) is 0 Å². The maximum absolute atomic E-state index is 12.7. The van der Waals surface area contributed by atoms with Crippen LogP contribution in [0.3, 0.4) is 0 Å². The molecule has 0 aliphatic carbocycles. The molecular weight excluding hydrogens is 386 g/mol. The lowest BCUT2D eigenvalue weighted by molar-refractivity contribution is -0.159. The fourth-order valence-corrected chi connectivity index (χ4v) is 3.33. The molecule has 0 spiro atoms. The van der Waals surface area contributed by atoms with Crippen LogP contribution in [0.15, 0.2) is 60.7 Å². The Hall–Kier alpha value is -3.35. The van der Waals surface area contributed by atoms with Crippen LogP contribution in [0.1, 0.15) is 18.1 Å². The summed E-state index contributed by atoms with van der Waals surface area (Å²) in [6.45, 7) is 2.21. The molecule has 0 N–H and O–H groups in total. The molecule has 1 amide bonds. The van der Waals surface area contributed by atoms with Crippen molar-refractivity contribution in [2.24, 2.45) is 11.8 Å². The van der Waals surface area contributed by atoms with Gasteiger partial charge >= 0.3 is 18.0 Å². The van der Waals surface area contributed by atoms with Crippen molar-refractivity contribution < 1.29 is 28.6 Å². The first-order valence-electron chi connectivity index (χ1n) is 9.91. The molecule has 2 aromatic carbocycles. The van der Waals surface area contributed by atoms with Crippen LogP contribution in [0.2, 0.25) is 0 Å². The molecule has 0 radical (unpaired) electrons. The average molecular weight is 411 g/mol. The molecule has 2 atom stereocenters. The van der Waals surface area contributed by atoms with Gasteiger partial charge in [-0.05, 0) is 18.1 Å². The number of carbonyl (C=O) groups is 3. The Balaban J connectivity index is 1.62. The Labute approximate surface area is 175 Å². The summed E-state index contributed by atoms with van der Waals surface area (Å²) in [7, 11) is 0. The number of ether oxygens (including phenoxy) is 3. The van der Waals surface area contributed by atoms with Gasteiger partial charge < -0.3 is 19.1 Å². The molecule has 30 heavy (non-hydrogen) atoms. The normalized spacial score (nSPS) is 18.0. The van der Waals surface area contributed by atoms with Crippen molar-refractivity contribution in [3.8, 4) is 0 Å². The number of benzene rings is 2. The lowest BCUT2D eigenvalue weighted by Gasteiger charge is -2.16. The zero-order chi connectivity index (χ0) is 21.3. The third-order valence-corrected chi connectivity index (χ3v) is 4.90. The molecule has 1 fully saturated rings. The summed E-state index contributed by atoms with van der Waals surface area (Å²) in [6, 6.07) is 18.6. The van der Waals surface area contributed by atoms with Crippen LogP contribution in [-0.2, 0) is 37.0 Å². The van der Waals surface area contributed by atoms with E-state index in [-0.39, 0.29) is 32.9 Å². The van der Waals surface area contributed by atoms with E-state index in [0.29, 0.717) is 0 Å². The molecule has 2 aromatic rings. The number of nitrogens with zero attached hydrogens (tertiary/aromatic N) is 1. The zero-order valence-electron chi connectivity index (χ0n) is 16.9. The van der Waals surface area contributed by atoms with E-state index in [1.807, 2.05) is 60.7 Å². The Bertz CT molecular complexity index is 855. The smallest absolute Gasteiger partial charge is 0.410 e. The largest absolute Gasteiger partial charge is 0.466 e. The third kappa shape index (κ3) is 5.59. The lowest BCUT2D eigenvalue weighted by atomic mass is 9.96. The summed E-state index contributed by atoms with van der Waals surface area (Å²) in [6.07, 6.45) is -0.577. The van der Waals surface area contributed by atoms with Crippen molar-refractivity contribution >= 4 is 18.0 Å². The van der Waals surface area contributed by atoms with E-state index in [4.69, 9.17) is 14.2 Å². The summed E-state index contributed by atoms with van der Waals surface area (Å²) < 4.78 is 15.8. The Kier molecular flexibility index (Phi) is 7.43. The summed E-state index contributed by atoms with van der Waals surface area (Å²) in [5.74, 6) is -2.62. The predicted molar refractivity (Wildman–Crippen MR) is 108 cm³/mol. The number of rotatable bonds is 7. The molecule has 1 aliphatic heterocycles. The number of likely N-dealkylation sites (tertiary alicyclic amines) is 1. The van der Waals surface area contributed by atoms with Gasteiger partial charge in [0.15, 0.2) is 0 Å². The van der Waals surface area contributed by atoms with Gasteiger partial charge in [-0.2, -0.15) is 0 Å². The average Bonchev–Trinajstić information content (AvgIpc) is 3.23. The highest BCUT2D eigenvalue weighted by Crippen LogP contribution is 2.27. The SMILES string of the molecule is CCOC(=O)[C@H]1CN(C(=O)OCc2ccccc2)C[C@@H]1C(=O)OCc1ccccc1. The monoisotopic (exact) mass is 411 g/mol. The predicted octanol–water partition coefficient (Wildman–Crippen LogP) is 3.18. The van der Waals surface area contributed by atoms with Crippen LogP contribution in [0.4, 0.5) is 4.79 Å². The van der Waals surface area contributed by atoms with Crippen LogP contribution in [0, 0.1) is 11.8 Å². The minimum atomic E-state index is -0.794. The van der Waals surface area contributed by atoms with Crippen molar-refractivity contribution in [2.45, 2.75) is 20.1 Å². The number of hydrogen-bond donors (Lipinski definition) is 0. The van der Waals surface area contributed by atoms with Crippen LogP contribution in [-0.4, -0.2) is 42.6 Å². The summed E-state index contributed by atoms with van der Waals surface area (Å²) in [5, 5.41) is 0. The van der Waals surface area contributed by atoms with Crippen molar-refractivity contribution in [3.63, 3.8) is 0 Å². The minimum Gasteiger partial charge on any atom is -0.466 e. The second-order valence-electron chi connectivity index (χ2n) is 7.00. The molecule has 0 aromatic heterocycles. The summed E-state index contributed by atoms with van der Waals surface area (Å²) in [5.41, 5.74) is 1.70. The number of esters is 2. The maximum atomic E-state index is 12.7. The molecule has 1 heterocycles. The fourth-order valence-electron chi connectivity index (χ4n) is 3.33. The highest BCUT2D eigenvalue weighted by Gasteiger charge is 2.45. The van der Waals surface area contributed by atoms with Crippen molar-refractivity contribution in [2.75, 3.05) is 19.7 Å². The first-order valence-corrected chi connectivity index (χ1v) is 9.91. The topological polar surface area (TPSA) is 82.1 Å². The number of carbonyl (C=O) groups excluding carboxylic acids is 3. The first kappa shape index (κ1) is 21.4. The Morgan fingerprint density at radius 2 is 1.23 bits per heavy atom. The van der Waals surface area contributed by atoms with Gasteiger partial charge in [0.2, 0.25) is 0 Å². The van der Waals surface area contributed by atoms with Crippen LogP contribution in [0.25, 0.3) is 0 Å². The Morgan fingerprint density at radius 1 is 0.767 bits per heavy atom. The van der Waals surface area contributed by atoms with E-state index < -0.39 is 29.9 Å². The van der Waals surface area contributed by atoms with E-state index in [9.17, 15) is 14.4 Å². The Morgan fingerprint density at radius 3 is 1.73 bits per heavy atom. The maximum Gasteiger partial charge on any atom is 0.410 e. The molecule has 7 nitrogen and oxygen atoms in total. The van der Waals surface area contributed by atoms with Crippen molar-refractivity contribution in [3.05, 3.63) is 71.8 Å². The molecule has 1 aliphatic rings. The van der Waals surface area contributed by atoms with Gasteiger partial charge in [0, 0.05) is 13.1 Å². The molecule has 158 valence electrons. The van der Waals surface area contributed by atoms with Gasteiger partial charge in [0.25, 0.3) is 0 Å². The van der Waals surface area contributed by atoms with Gasteiger partial charge in [-0.3, -0.25) is 9.59 Å². The molecule has 7 heteroatoms. The fraction of sp³-hybridized carbons (Fsp3) is 0.348. The van der Waals surface area contributed by atoms with Crippen LogP contribution in [0.5, 0.6) is 0 Å². The van der Waals surface area contributed by atoms with E-state index in [0.717, 1.165) is 11.1 Å². The van der Waals surface area contributed by atoms with Crippen LogP contribution >= 0.6 is 0 Å². The van der Waals surface area contributed by atoms with Gasteiger partial charge in [0.05, 0.1) is 18.4 Å². The second kappa shape index (κ2) is 10.4. The quantitative estimate of drug-likeness (QED) is 0.514. The highest BCUT2D eigenvalue weighted by atomic mass is 16.6. The number of amides is 1. The van der Waals surface area contributed by atoms with E-state index in [1.54, 1.807) is 6.92 Å². The molecule has 0 unspecified atom stereocenters. The van der Waals surface area contributed by atoms with Crippen molar-refractivity contribution in [1.29, 1.82) is 0 Å². The van der Waals surface area contributed by atoms with Gasteiger partial charge in [-0.25, -0.2) is 4.79 Å². The van der Waals surface area contributed by atoms with Crippen molar-refractivity contribution in [1.82, 2.24) is 4.90 Å². The highest BCUT2D eigenvalue weighted by molar-refractivity contribution is 5.85. The number of hydrogen-bond acceptors (Lipinski definition) is 6. The standard InChI is InChI=1S/C23H25NO6/c1-2-28-21(25)19-13-24(23(27)30-16-18-11-7-4-8-12-18)14-20(19)22(26)29-15-17-9-5-3-6-10-17/h3-12,19-20H,2,13-16H2,1H3/t19-,20-/m0/s1. The molecule has 1 saturated heterocycles. The summed E-state index contributed by atoms with van der Waals surface area (Å²) >= 11 is 0. The molecule has 0 saturated carbocycles. The second-order valence-corrected chi connectivity index (χ2v) is 7.00. The van der Waals surface area contributed by atoms with Gasteiger partial charge in [-0.15, -0.1) is 0 Å². The third-order valence-electron chi connectivity index (χ3n) is 4.90. The minimum absolute atomic E-state index is 0.0464. The lowest BCUT2D eigenvalue weighted by Crippen LogP contribution is -2.31. The molecule has 3 rings (SSSR count). The van der Waals surface area contributed by atoms with Gasteiger partial charge in [-0.1, -0.05) is 60.7 Å². The molecular formula is C23H25NO6. The van der Waals surface area contributed by atoms with E-state index >= 15 is 0 Å². The van der Waals surface area contributed by atoms with Gasteiger partial charge in [0.1, 0.15) is 13.2 Å². The van der Waals surface area contributed by atoms with E-state index in [1.165, 1.54) is 4.90 Å². The summed E-state index contributed by atoms with van der Waals surface area (Å²) in [4.78, 5) is 38.9. The van der Waals surface area contributed by atoms with Crippen LogP contribution < -0.4 is 0 Å². The molecule has 0 bridgehead atoms. The zero-order valence-corrected chi connectivity index (χ0v) is 16.9. The first-order chi connectivity index (χ1) is 14.6.